The highest BCUT2D eigenvalue weighted by molar-refractivity contribution is 5.97. The van der Waals surface area contributed by atoms with Gasteiger partial charge in [0, 0.05) is 18.5 Å². The molecule has 1 rings (SSSR count). The number of hydrogen-bond acceptors (Lipinski definition) is 3. The van der Waals surface area contributed by atoms with E-state index < -0.39 is 24.2 Å². The molecule has 6 nitrogen and oxygen atoms in total. The highest BCUT2D eigenvalue weighted by atomic mass is 19.1. The van der Waals surface area contributed by atoms with Gasteiger partial charge in [0.25, 0.3) is 5.91 Å². The molecular formula is C16H21FN2O4. The Morgan fingerprint density at radius 2 is 1.96 bits per heavy atom. The van der Waals surface area contributed by atoms with Crippen LogP contribution in [0.4, 0.5) is 10.1 Å². The Labute approximate surface area is 134 Å². The van der Waals surface area contributed by atoms with E-state index in [1.54, 1.807) is 6.92 Å². The number of amides is 2. The van der Waals surface area contributed by atoms with Gasteiger partial charge in [-0.05, 0) is 31.0 Å². The number of rotatable bonds is 7. The average molecular weight is 324 g/mol. The fourth-order valence-corrected chi connectivity index (χ4v) is 1.99. The number of carboxylic acid groups (broad SMARTS) is 1. The van der Waals surface area contributed by atoms with Gasteiger partial charge in [0.05, 0.1) is 5.69 Å². The summed E-state index contributed by atoms with van der Waals surface area (Å²) in [6, 6.07) is 3.66. The zero-order chi connectivity index (χ0) is 17.6. The van der Waals surface area contributed by atoms with Gasteiger partial charge in [-0.15, -0.1) is 0 Å². The molecule has 2 N–H and O–H groups in total. The molecule has 0 saturated heterocycles. The second-order valence-electron chi connectivity index (χ2n) is 5.55. The smallest absolute Gasteiger partial charge is 0.323 e. The van der Waals surface area contributed by atoms with Crippen molar-refractivity contribution in [2.75, 3.05) is 18.4 Å². The summed E-state index contributed by atoms with van der Waals surface area (Å²) >= 11 is 0. The Morgan fingerprint density at radius 1 is 1.30 bits per heavy atom. The Balaban J connectivity index is 2.88. The first-order chi connectivity index (χ1) is 10.7. The average Bonchev–Trinajstić information content (AvgIpc) is 2.45. The van der Waals surface area contributed by atoms with Crippen LogP contribution in [0.25, 0.3) is 0 Å². The zero-order valence-corrected chi connectivity index (χ0v) is 13.4. The highest BCUT2D eigenvalue weighted by Gasteiger charge is 2.18. The zero-order valence-electron chi connectivity index (χ0n) is 13.4. The van der Waals surface area contributed by atoms with Crippen LogP contribution < -0.4 is 5.32 Å². The lowest BCUT2D eigenvalue weighted by Gasteiger charge is -2.19. The van der Waals surface area contributed by atoms with E-state index in [1.807, 2.05) is 13.8 Å². The number of benzene rings is 1. The van der Waals surface area contributed by atoms with Crippen LogP contribution in [-0.2, 0) is 9.59 Å². The number of carbonyl (C=O) groups excluding carboxylic acids is 2. The van der Waals surface area contributed by atoms with Crippen LogP contribution >= 0.6 is 0 Å². The molecule has 0 bridgehead atoms. The number of halogens is 1. The van der Waals surface area contributed by atoms with E-state index in [2.05, 4.69) is 5.32 Å². The van der Waals surface area contributed by atoms with E-state index in [0.29, 0.717) is 0 Å². The molecule has 0 radical (unpaired) electrons. The van der Waals surface area contributed by atoms with Gasteiger partial charge >= 0.3 is 5.97 Å². The maximum Gasteiger partial charge on any atom is 0.323 e. The largest absolute Gasteiger partial charge is 0.480 e. The number of hydrogen-bond donors (Lipinski definition) is 2. The molecule has 2 amide bonds. The molecule has 0 atom stereocenters. The molecule has 0 aromatic heterocycles. The summed E-state index contributed by atoms with van der Waals surface area (Å²) in [5.74, 6) is -2.61. The van der Waals surface area contributed by atoms with E-state index >= 15 is 0 Å². The van der Waals surface area contributed by atoms with Crippen molar-refractivity contribution in [2.45, 2.75) is 27.2 Å². The molecule has 0 aliphatic carbocycles. The molecule has 0 saturated carbocycles. The minimum absolute atomic E-state index is 0.00603. The molecule has 0 fully saturated rings. The normalized spacial score (nSPS) is 10.5. The Bertz CT molecular complexity index is 602. The first-order valence-electron chi connectivity index (χ1n) is 7.35. The summed E-state index contributed by atoms with van der Waals surface area (Å²) in [6.45, 7) is 5.13. The monoisotopic (exact) mass is 324 g/mol. The molecule has 0 aliphatic rings. The molecule has 0 unspecified atom stereocenters. The second-order valence-corrected chi connectivity index (χ2v) is 5.55. The minimum atomic E-state index is -1.14. The first-order valence-corrected chi connectivity index (χ1v) is 7.35. The van der Waals surface area contributed by atoms with E-state index in [-0.39, 0.29) is 36.0 Å². The SMILES string of the molecule is CCN(CC(=O)O)C(=O)c1ccc(NC(=O)CC(C)C)c(F)c1. The van der Waals surface area contributed by atoms with Crippen molar-refractivity contribution in [3.05, 3.63) is 29.6 Å². The van der Waals surface area contributed by atoms with Crippen LogP contribution in [0.15, 0.2) is 18.2 Å². The van der Waals surface area contributed by atoms with Gasteiger partial charge < -0.3 is 15.3 Å². The maximum atomic E-state index is 14.0. The lowest BCUT2D eigenvalue weighted by molar-refractivity contribution is -0.137. The van der Waals surface area contributed by atoms with E-state index in [0.717, 1.165) is 11.0 Å². The molecule has 126 valence electrons. The van der Waals surface area contributed by atoms with Crippen molar-refractivity contribution in [3.63, 3.8) is 0 Å². The van der Waals surface area contributed by atoms with Gasteiger partial charge in [-0.1, -0.05) is 13.8 Å². The summed E-state index contributed by atoms with van der Waals surface area (Å²) in [5.41, 5.74) is 0.0286. The lowest BCUT2D eigenvalue weighted by atomic mass is 10.1. The van der Waals surface area contributed by atoms with Gasteiger partial charge in [0.1, 0.15) is 12.4 Å². The van der Waals surface area contributed by atoms with Crippen molar-refractivity contribution in [1.82, 2.24) is 4.90 Å². The summed E-state index contributed by atoms with van der Waals surface area (Å²) in [6.07, 6.45) is 0.266. The van der Waals surface area contributed by atoms with Crippen LogP contribution in [0, 0.1) is 11.7 Å². The molecular weight excluding hydrogens is 303 g/mol. The van der Waals surface area contributed by atoms with Crippen LogP contribution in [0.5, 0.6) is 0 Å². The second kappa shape index (κ2) is 8.26. The molecule has 0 aliphatic heterocycles. The molecule has 7 heteroatoms. The third kappa shape index (κ3) is 5.69. The van der Waals surface area contributed by atoms with Gasteiger partial charge in [0.15, 0.2) is 0 Å². The number of nitrogens with zero attached hydrogens (tertiary/aromatic N) is 1. The van der Waals surface area contributed by atoms with E-state index in [9.17, 15) is 18.8 Å². The Morgan fingerprint density at radius 3 is 2.43 bits per heavy atom. The number of aliphatic carboxylic acids is 1. The van der Waals surface area contributed by atoms with Crippen LogP contribution in [0.3, 0.4) is 0 Å². The molecule has 0 heterocycles. The number of anilines is 1. The fraction of sp³-hybridized carbons (Fsp3) is 0.438. The van der Waals surface area contributed by atoms with E-state index in [1.165, 1.54) is 12.1 Å². The third-order valence-electron chi connectivity index (χ3n) is 3.08. The van der Waals surface area contributed by atoms with Crippen LogP contribution in [-0.4, -0.2) is 40.9 Å². The van der Waals surface area contributed by atoms with Gasteiger partial charge in [-0.25, -0.2) is 4.39 Å². The fourth-order valence-electron chi connectivity index (χ4n) is 1.99. The maximum absolute atomic E-state index is 14.0. The number of likely N-dealkylation sites (N-methyl/N-ethyl adjacent to an activating group) is 1. The summed E-state index contributed by atoms with van der Waals surface area (Å²) in [5, 5.41) is 11.2. The minimum Gasteiger partial charge on any atom is -0.480 e. The molecule has 1 aromatic carbocycles. The van der Waals surface area contributed by atoms with E-state index in [4.69, 9.17) is 5.11 Å². The molecule has 1 aromatic rings. The van der Waals surface area contributed by atoms with Crippen LogP contribution in [0.2, 0.25) is 0 Å². The first kappa shape index (κ1) is 18.6. The van der Waals surface area contributed by atoms with Gasteiger partial charge in [0.2, 0.25) is 5.91 Å². The Hall–Kier alpha value is -2.44. The number of carbonyl (C=O) groups is 3. The van der Waals surface area contributed by atoms with Crippen molar-refractivity contribution >= 4 is 23.5 Å². The molecule has 0 spiro atoms. The standard InChI is InChI=1S/C16H21FN2O4/c1-4-19(9-15(21)22)16(23)11-5-6-13(12(17)8-11)18-14(20)7-10(2)3/h5-6,8,10H,4,7,9H2,1-3H3,(H,18,20)(H,21,22). The Kier molecular flexibility index (Phi) is 6.68. The number of carboxylic acids is 1. The van der Waals surface area contributed by atoms with Crippen molar-refractivity contribution < 1.29 is 23.9 Å². The lowest BCUT2D eigenvalue weighted by Crippen LogP contribution is -2.35. The highest BCUT2D eigenvalue weighted by Crippen LogP contribution is 2.18. The van der Waals surface area contributed by atoms with Gasteiger partial charge in [-0.2, -0.15) is 0 Å². The predicted octanol–water partition coefficient (Wildman–Crippen LogP) is 2.36. The van der Waals surface area contributed by atoms with Crippen molar-refractivity contribution in [1.29, 1.82) is 0 Å². The quantitative estimate of drug-likeness (QED) is 0.806. The summed E-state index contributed by atoms with van der Waals surface area (Å²) in [7, 11) is 0. The third-order valence-corrected chi connectivity index (χ3v) is 3.08. The molecule has 23 heavy (non-hydrogen) atoms. The summed E-state index contributed by atoms with van der Waals surface area (Å²) in [4.78, 5) is 35.6. The van der Waals surface area contributed by atoms with Crippen molar-refractivity contribution in [3.8, 4) is 0 Å². The topological polar surface area (TPSA) is 86.7 Å². The van der Waals surface area contributed by atoms with Gasteiger partial charge in [-0.3, -0.25) is 14.4 Å². The van der Waals surface area contributed by atoms with Crippen molar-refractivity contribution in [2.24, 2.45) is 5.92 Å². The number of nitrogens with one attached hydrogen (secondary N) is 1. The predicted molar refractivity (Wildman–Crippen MR) is 83.7 cm³/mol. The summed E-state index contributed by atoms with van der Waals surface area (Å²) < 4.78 is 14.0. The van der Waals surface area contributed by atoms with Crippen LogP contribution in [0.1, 0.15) is 37.6 Å².